The van der Waals surface area contributed by atoms with Crippen LogP contribution in [0.2, 0.25) is 0 Å². The first kappa shape index (κ1) is 15.9. The van der Waals surface area contributed by atoms with Crippen LogP contribution in [0.4, 0.5) is 11.4 Å². The van der Waals surface area contributed by atoms with Crippen LogP contribution in [0.25, 0.3) is 0 Å². The molecule has 0 bridgehead atoms. The van der Waals surface area contributed by atoms with Crippen LogP contribution < -0.4 is 10.5 Å². The Hall–Kier alpha value is -1.53. The first-order chi connectivity index (χ1) is 9.77. The third kappa shape index (κ3) is 4.22. The first-order valence-electron chi connectivity index (χ1n) is 6.38. The first-order valence-corrected chi connectivity index (χ1v) is 8.83. The van der Waals surface area contributed by atoms with Crippen molar-refractivity contribution in [1.82, 2.24) is 0 Å². The van der Waals surface area contributed by atoms with Crippen LogP contribution in [0, 0.1) is 13.8 Å². The monoisotopic (exact) mass is 368 g/mol. The second kappa shape index (κ2) is 6.07. The molecule has 0 spiro atoms. The average Bonchev–Trinajstić information content (AvgIpc) is 2.33. The minimum atomic E-state index is -3.48. The predicted molar refractivity (Wildman–Crippen MR) is 90.7 cm³/mol. The number of sulfonamides is 1. The van der Waals surface area contributed by atoms with Crippen molar-refractivity contribution in [3.63, 3.8) is 0 Å². The summed E-state index contributed by atoms with van der Waals surface area (Å²) in [5.74, 6) is -0.104. The molecule has 0 unspecified atom stereocenters. The van der Waals surface area contributed by atoms with E-state index in [-0.39, 0.29) is 5.75 Å². The van der Waals surface area contributed by atoms with E-state index in [2.05, 4.69) is 20.7 Å². The van der Waals surface area contributed by atoms with Crippen molar-refractivity contribution in [1.29, 1.82) is 0 Å². The van der Waals surface area contributed by atoms with Crippen LogP contribution in [0.3, 0.4) is 0 Å². The summed E-state index contributed by atoms with van der Waals surface area (Å²) in [4.78, 5) is 0. The maximum atomic E-state index is 12.3. The lowest BCUT2D eigenvalue weighted by molar-refractivity contribution is 0.600. The molecule has 2 aromatic carbocycles. The summed E-state index contributed by atoms with van der Waals surface area (Å²) in [5.41, 5.74) is 9.26. The van der Waals surface area contributed by atoms with Crippen LogP contribution in [-0.4, -0.2) is 8.42 Å². The topological polar surface area (TPSA) is 72.2 Å². The third-order valence-corrected chi connectivity index (χ3v) is 4.75. The van der Waals surface area contributed by atoms with Crippen molar-refractivity contribution in [2.24, 2.45) is 0 Å². The van der Waals surface area contributed by atoms with Gasteiger partial charge in [0, 0.05) is 10.2 Å². The Bertz CT molecular complexity index is 750. The number of anilines is 2. The van der Waals surface area contributed by atoms with Gasteiger partial charge in [0.25, 0.3) is 0 Å². The number of hydrogen-bond acceptors (Lipinski definition) is 3. The van der Waals surface area contributed by atoms with E-state index in [0.717, 1.165) is 15.6 Å². The molecule has 6 heteroatoms. The van der Waals surface area contributed by atoms with E-state index in [1.807, 2.05) is 26.0 Å². The highest BCUT2D eigenvalue weighted by Crippen LogP contribution is 2.26. The molecule has 3 N–H and O–H groups in total. The Balaban J connectivity index is 2.26. The van der Waals surface area contributed by atoms with Gasteiger partial charge in [0.05, 0.1) is 11.4 Å². The van der Waals surface area contributed by atoms with Gasteiger partial charge in [-0.25, -0.2) is 8.42 Å². The molecule has 0 amide bonds. The van der Waals surface area contributed by atoms with Crippen LogP contribution in [0.15, 0.2) is 40.9 Å². The fraction of sp³-hybridized carbons (Fsp3) is 0.200. The molecule has 2 rings (SSSR count). The summed E-state index contributed by atoms with van der Waals surface area (Å²) in [5, 5.41) is 0. The molecular weight excluding hydrogens is 352 g/mol. The molecule has 0 heterocycles. The van der Waals surface area contributed by atoms with Gasteiger partial charge in [-0.3, -0.25) is 4.72 Å². The van der Waals surface area contributed by atoms with E-state index in [1.54, 1.807) is 24.3 Å². The average molecular weight is 369 g/mol. The fourth-order valence-corrected chi connectivity index (χ4v) is 4.18. The Morgan fingerprint density at radius 1 is 1.14 bits per heavy atom. The lowest BCUT2D eigenvalue weighted by Crippen LogP contribution is -2.16. The molecule has 0 saturated heterocycles. The molecule has 0 aliphatic heterocycles. The summed E-state index contributed by atoms with van der Waals surface area (Å²) < 4.78 is 28.2. The standard InChI is InChI=1S/C15H17BrN2O2S/c1-10-6-13(16)7-11(2)15(10)18-21(19,20)9-12-4-3-5-14(17)8-12/h3-8,18H,9,17H2,1-2H3. The Morgan fingerprint density at radius 2 is 1.76 bits per heavy atom. The third-order valence-electron chi connectivity index (χ3n) is 3.06. The molecule has 2 aromatic rings. The summed E-state index contributed by atoms with van der Waals surface area (Å²) >= 11 is 3.40. The van der Waals surface area contributed by atoms with E-state index in [9.17, 15) is 8.42 Å². The van der Waals surface area contributed by atoms with Gasteiger partial charge >= 0.3 is 0 Å². The van der Waals surface area contributed by atoms with E-state index >= 15 is 0 Å². The van der Waals surface area contributed by atoms with Crippen LogP contribution >= 0.6 is 15.9 Å². The van der Waals surface area contributed by atoms with Crippen molar-refractivity contribution in [3.8, 4) is 0 Å². The second-order valence-corrected chi connectivity index (χ2v) is 7.66. The van der Waals surface area contributed by atoms with E-state index in [0.29, 0.717) is 16.9 Å². The minimum Gasteiger partial charge on any atom is -0.399 e. The smallest absolute Gasteiger partial charge is 0.236 e. The molecule has 0 aliphatic carbocycles. The van der Waals surface area contributed by atoms with Gasteiger partial charge in [-0.2, -0.15) is 0 Å². The van der Waals surface area contributed by atoms with E-state index < -0.39 is 10.0 Å². The normalized spacial score (nSPS) is 11.4. The number of benzene rings is 2. The van der Waals surface area contributed by atoms with E-state index in [4.69, 9.17) is 5.73 Å². The number of hydrogen-bond donors (Lipinski definition) is 2. The molecule has 4 nitrogen and oxygen atoms in total. The lowest BCUT2D eigenvalue weighted by atomic mass is 10.1. The van der Waals surface area contributed by atoms with Gasteiger partial charge in [-0.05, 0) is 54.8 Å². The largest absolute Gasteiger partial charge is 0.399 e. The fourth-order valence-electron chi connectivity index (χ4n) is 2.17. The van der Waals surface area contributed by atoms with E-state index in [1.165, 1.54) is 0 Å². The number of rotatable bonds is 4. The molecule has 0 aromatic heterocycles. The molecule has 0 radical (unpaired) electrons. The van der Waals surface area contributed by atoms with Gasteiger partial charge in [0.15, 0.2) is 0 Å². The molecule has 112 valence electrons. The molecule has 0 aliphatic rings. The highest BCUT2D eigenvalue weighted by atomic mass is 79.9. The maximum absolute atomic E-state index is 12.3. The van der Waals surface area contributed by atoms with Crippen molar-refractivity contribution >= 4 is 37.3 Å². The quantitative estimate of drug-likeness (QED) is 0.809. The van der Waals surface area contributed by atoms with Crippen LogP contribution in [-0.2, 0) is 15.8 Å². The van der Waals surface area contributed by atoms with Gasteiger partial charge in [0.1, 0.15) is 0 Å². The van der Waals surface area contributed by atoms with Crippen molar-refractivity contribution < 1.29 is 8.42 Å². The van der Waals surface area contributed by atoms with Gasteiger partial charge < -0.3 is 5.73 Å². The molecule has 0 saturated carbocycles. The molecule has 21 heavy (non-hydrogen) atoms. The Kier molecular flexibility index (Phi) is 4.58. The summed E-state index contributed by atoms with van der Waals surface area (Å²) in [6.45, 7) is 3.74. The van der Waals surface area contributed by atoms with Crippen LogP contribution in [0.1, 0.15) is 16.7 Å². The van der Waals surface area contributed by atoms with Crippen molar-refractivity contribution in [3.05, 3.63) is 57.6 Å². The second-order valence-electron chi connectivity index (χ2n) is 5.02. The SMILES string of the molecule is Cc1cc(Br)cc(C)c1NS(=O)(=O)Cc1cccc(N)c1. The predicted octanol–water partition coefficient (Wildman–Crippen LogP) is 3.59. The summed E-state index contributed by atoms with van der Waals surface area (Å²) in [6.07, 6.45) is 0. The number of nitrogens with one attached hydrogen (secondary N) is 1. The summed E-state index contributed by atoms with van der Waals surface area (Å²) in [7, 11) is -3.48. The Labute approximate surface area is 133 Å². The maximum Gasteiger partial charge on any atom is 0.236 e. The zero-order valence-electron chi connectivity index (χ0n) is 11.9. The Morgan fingerprint density at radius 3 is 2.33 bits per heavy atom. The number of nitrogens with two attached hydrogens (primary N) is 1. The van der Waals surface area contributed by atoms with Gasteiger partial charge in [-0.1, -0.05) is 28.1 Å². The minimum absolute atomic E-state index is 0.104. The van der Waals surface area contributed by atoms with Crippen molar-refractivity contribution in [2.45, 2.75) is 19.6 Å². The zero-order valence-corrected chi connectivity index (χ0v) is 14.3. The lowest BCUT2D eigenvalue weighted by Gasteiger charge is -2.14. The number of aryl methyl sites for hydroxylation is 2. The van der Waals surface area contributed by atoms with Gasteiger partial charge in [0.2, 0.25) is 10.0 Å². The molecular formula is C15H17BrN2O2S. The highest BCUT2D eigenvalue weighted by molar-refractivity contribution is 9.10. The molecule has 0 atom stereocenters. The number of nitrogen functional groups attached to an aromatic ring is 1. The molecule has 0 fully saturated rings. The zero-order chi connectivity index (χ0) is 15.6. The highest BCUT2D eigenvalue weighted by Gasteiger charge is 2.15. The summed E-state index contributed by atoms with van der Waals surface area (Å²) in [6, 6.07) is 10.6. The van der Waals surface area contributed by atoms with Crippen LogP contribution in [0.5, 0.6) is 0 Å². The van der Waals surface area contributed by atoms with Gasteiger partial charge in [-0.15, -0.1) is 0 Å². The number of halogens is 1. The van der Waals surface area contributed by atoms with Crippen molar-refractivity contribution in [2.75, 3.05) is 10.5 Å².